The molecule has 0 heterocycles. The van der Waals surface area contributed by atoms with Crippen molar-refractivity contribution in [2.24, 2.45) is 0 Å². The minimum Gasteiger partial charge on any atom is -0.462 e. The van der Waals surface area contributed by atoms with Gasteiger partial charge in [0.25, 0.3) is 0 Å². The van der Waals surface area contributed by atoms with Crippen molar-refractivity contribution in [2.45, 2.75) is 90.9 Å². The fourth-order valence-corrected chi connectivity index (χ4v) is 3.47. The van der Waals surface area contributed by atoms with Gasteiger partial charge >= 0.3 is 11.9 Å². The highest BCUT2D eigenvalue weighted by atomic mass is 16.5. The second-order valence-electron chi connectivity index (χ2n) is 8.51. The molecule has 0 saturated carbocycles. The van der Waals surface area contributed by atoms with E-state index in [1.54, 1.807) is 24.3 Å². The quantitative estimate of drug-likeness (QED) is 0.190. The summed E-state index contributed by atoms with van der Waals surface area (Å²) in [6, 6.07) is 18.7. The average molecular weight is 486 g/mol. The van der Waals surface area contributed by atoms with E-state index in [-0.39, 0.29) is 6.15 Å². The van der Waals surface area contributed by atoms with Gasteiger partial charge in [0, 0.05) is 0 Å². The first-order chi connectivity index (χ1) is 16.7. The van der Waals surface area contributed by atoms with E-state index in [1.807, 2.05) is 36.4 Å². The summed E-state index contributed by atoms with van der Waals surface area (Å²) in [7, 11) is 0. The van der Waals surface area contributed by atoms with Gasteiger partial charge < -0.3 is 15.6 Å². The van der Waals surface area contributed by atoms with Crippen LogP contribution in [0.2, 0.25) is 0 Å². The number of hydrogen-bond donors (Lipinski definition) is 1. The normalized spacial score (nSPS) is 9.89. The van der Waals surface area contributed by atoms with E-state index in [0.717, 1.165) is 25.7 Å². The van der Waals surface area contributed by atoms with Crippen LogP contribution in [0.15, 0.2) is 60.7 Å². The Balaban J connectivity index is 0.00000143. The van der Waals surface area contributed by atoms with E-state index in [1.165, 1.54) is 51.4 Å². The summed E-state index contributed by atoms with van der Waals surface area (Å²) in [6.07, 6.45) is 13.6. The highest BCUT2D eigenvalue weighted by Gasteiger charge is 2.18. The van der Waals surface area contributed by atoms with Gasteiger partial charge in [0.1, 0.15) is 0 Å². The zero-order valence-corrected chi connectivity index (χ0v) is 22.0. The minimum absolute atomic E-state index is 0. The lowest BCUT2D eigenvalue weighted by Crippen LogP contribution is -2.15. The smallest absolute Gasteiger partial charge is 0.339 e. The molecule has 0 fully saturated rings. The largest absolute Gasteiger partial charge is 0.462 e. The van der Waals surface area contributed by atoms with Crippen LogP contribution in [0.5, 0.6) is 0 Å². The predicted molar refractivity (Wildman–Crippen MR) is 145 cm³/mol. The molecule has 0 aromatic heterocycles. The van der Waals surface area contributed by atoms with Crippen molar-refractivity contribution >= 4 is 11.9 Å². The Morgan fingerprint density at radius 3 is 1.17 bits per heavy atom. The highest BCUT2D eigenvalue weighted by Crippen LogP contribution is 2.14. The predicted octanol–water partition coefficient (Wildman–Crippen LogP) is 8.57. The lowest BCUT2D eigenvalue weighted by molar-refractivity contribution is 0.0450. The highest BCUT2D eigenvalue weighted by molar-refractivity contribution is 6.03. The summed E-state index contributed by atoms with van der Waals surface area (Å²) in [5, 5.41) is 0. The SMILES string of the molecule is CCCCCCCCOC(=O)c1ccccc1C(=O)OCCCCCCCC.N.c1ccccc1. The molecule has 35 heavy (non-hydrogen) atoms. The van der Waals surface area contributed by atoms with Crippen LogP contribution in [0.25, 0.3) is 0 Å². The van der Waals surface area contributed by atoms with Crippen LogP contribution in [0.4, 0.5) is 0 Å². The van der Waals surface area contributed by atoms with Gasteiger partial charge in [-0.25, -0.2) is 9.59 Å². The molecule has 0 aliphatic carbocycles. The molecule has 2 aromatic rings. The number of benzene rings is 2. The van der Waals surface area contributed by atoms with Crippen LogP contribution >= 0.6 is 0 Å². The number of rotatable bonds is 16. The van der Waals surface area contributed by atoms with Crippen molar-refractivity contribution in [3.8, 4) is 0 Å². The van der Waals surface area contributed by atoms with Crippen LogP contribution in [0.3, 0.4) is 0 Å². The molecule has 0 radical (unpaired) electrons. The second kappa shape index (κ2) is 23.1. The van der Waals surface area contributed by atoms with Crippen molar-refractivity contribution in [3.05, 3.63) is 71.8 Å². The molecule has 0 saturated heterocycles. The number of esters is 2. The fraction of sp³-hybridized carbons (Fsp3) is 0.533. The zero-order valence-electron chi connectivity index (χ0n) is 22.0. The Morgan fingerprint density at radius 1 is 0.514 bits per heavy atom. The van der Waals surface area contributed by atoms with E-state index in [9.17, 15) is 9.59 Å². The molecule has 0 spiro atoms. The molecule has 0 aliphatic heterocycles. The molecule has 0 aliphatic rings. The first kappa shape index (κ1) is 32.3. The molecule has 2 rings (SSSR count). The summed E-state index contributed by atoms with van der Waals surface area (Å²) < 4.78 is 10.7. The Morgan fingerprint density at radius 2 is 0.829 bits per heavy atom. The number of ether oxygens (including phenoxy) is 2. The maximum absolute atomic E-state index is 12.4. The summed E-state index contributed by atoms with van der Waals surface area (Å²) in [5.41, 5.74) is 0.586. The van der Waals surface area contributed by atoms with E-state index in [0.29, 0.717) is 24.3 Å². The van der Waals surface area contributed by atoms with E-state index >= 15 is 0 Å². The van der Waals surface area contributed by atoms with Gasteiger partial charge in [-0.1, -0.05) is 127 Å². The third kappa shape index (κ3) is 16.6. The summed E-state index contributed by atoms with van der Waals surface area (Å²) in [4.78, 5) is 24.7. The molecule has 0 bridgehead atoms. The Bertz CT molecular complexity index is 688. The van der Waals surface area contributed by atoms with Crippen molar-refractivity contribution in [3.63, 3.8) is 0 Å². The van der Waals surface area contributed by atoms with Crippen molar-refractivity contribution in [1.82, 2.24) is 6.15 Å². The summed E-state index contributed by atoms with van der Waals surface area (Å²) >= 11 is 0. The third-order valence-electron chi connectivity index (χ3n) is 5.50. The number of unbranched alkanes of at least 4 members (excludes halogenated alkanes) is 10. The van der Waals surface area contributed by atoms with Crippen molar-refractivity contribution in [1.29, 1.82) is 0 Å². The molecule has 0 amide bonds. The molecule has 0 unspecified atom stereocenters. The Hall–Kier alpha value is -2.66. The van der Waals surface area contributed by atoms with Crippen LogP contribution < -0.4 is 6.15 Å². The maximum Gasteiger partial charge on any atom is 0.339 e. The van der Waals surface area contributed by atoms with E-state index < -0.39 is 11.9 Å². The van der Waals surface area contributed by atoms with Crippen LogP contribution in [0.1, 0.15) is 112 Å². The topological polar surface area (TPSA) is 87.6 Å². The van der Waals surface area contributed by atoms with E-state index in [4.69, 9.17) is 9.47 Å². The number of carbonyl (C=O) groups is 2. The zero-order chi connectivity index (χ0) is 24.7. The van der Waals surface area contributed by atoms with Crippen molar-refractivity contribution in [2.75, 3.05) is 13.2 Å². The lowest BCUT2D eigenvalue weighted by Gasteiger charge is -2.10. The molecule has 5 nitrogen and oxygen atoms in total. The standard InChI is InChI=1S/C24H38O4.C6H6.H3N/c1-3-5-7-9-11-15-19-27-23(25)21-17-13-14-18-22(21)24(26)28-20-16-12-10-8-6-4-2;1-2-4-6-5-3-1;/h13-14,17-18H,3-12,15-16,19-20H2,1-2H3;1-6H;1H3. The van der Waals surface area contributed by atoms with Crippen LogP contribution in [-0.4, -0.2) is 25.2 Å². The first-order valence-corrected chi connectivity index (χ1v) is 13.1. The van der Waals surface area contributed by atoms with Gasteiger partial charge in [0.2, 0.25) is 0 Å². The van der Waals surface area contributed by atoms with Crippen LogP contribution in [0, 0.1) is 0 Å². The molecule has 3 N–H and O–H groups in total. The van der Waals surface area contributed by atoms with E-state index in [2.05, 4.69) is 13.8 Å². The third-order valence-corrected chi connectivity index (χ3v) is 5.50. The molecule has 196 valence electrons. The Kier molecular flexibility index (Phi) is 21.3. The monoisotopic (exact) mass is 485 g/mol. The van der Waals surface area contributed by atoms with Gasteiger partial charge in [-0.2, -0.15) is 0 Å². The van der Waals surface area contributed by atoms with Gasteiger partial charge in [0.15, 0.2) is 0 Å². The summed E-state index contributed by atoms with van der Waals surface area (Å²) in [6.45, 7) is 5.17. The number of carbonyl (C=O) groups excluding carboxylic acids is 2. The molecular formula is C30H47NO4. The molecule has 0 atom stereocenters. The fourth-order valence-electron chi connectivity index (χ4n) is 3.47. The van der Waals surface area contributed by atoms with Gasteiger partial charge in [-0.15, -0.1) is 0 Å². The van der Waals surface area contributed by atoms with Gasteiger partial charge in [-0.3, -0.25) is 0 Å². The number of hydrogen-bond acceptors (Lipinski definition) is 5. The van der Waals surface area contributed by atoms with Crippen molar-refractivity contribution < 1.29 is 19.1 Å². The van der Waals surface area contributed by atoms with Gasteiger partial charge in [-0.05, 0) is 25.0 Å². The maximum atomic E-state index is 12.4. The Labute approximate surface area is 213 Å². The molecule has 5 heteroatoms. The first-order valence-electron chi connectivity index (χ1n) is 13.1. The molecule has 2 aromatic carbocycles. The summed E-state index contributed by atoms with van der Waals surface area (Å²) in [5.74, 6) is -0.888. The van der Waals surface area contributed by atoms with Gasteiger partial charge in [0.05, 0.1) is 24.3 Å². The second-order valence-corrected chi connectivity index (χ2v) is 8.51. The lowest BCUT2D eigenvalue weighted by atomic mass is 10.1. The average Bonchev–Trinajstić information content (AvgIpc) is 2.88. The van der Waals surface area contributed by atoms with Crippen LogP contribution in [-0.2, 0) is 9.47 Å². The molecular weight excluding hydrogens is 438 g/mol. The minimum atomic E-state index is -0.444.